The van der Waals surface area contributed by atoms with Crippen molar-refractivity contribution < 1.29 is 4.79 Å². The molecule has 0 saturated carbocycles. The molecule has 1 N–H and O–H groups in total. The number of nitrogens with one attached hydrogen (secondary N) is 1. The summed E-state index contributed by atoms with van der Waals surface area (Å²) in [6, 6.07) is 8.21. The van der Waals surface area contributed by atoms with Crippen molar-refractivity contribution in [3.63, 3.8) is 0 Å². The van der Waals surface area contributed by atoms with Crippen molar-refractivity contribution in [3.8, 4) is 0 Å². The first-order valence-electron chi connectivity index (χ1n) is 6.49. The third-order valence-electron chi connectivity index (χ3n) is 3.52. The van der Waals surface area contributed by atoms with Gasteiger partial charge in [0.25, 0.3) is 5.91 Å². The highest BCUT2D eigenvalue weighted by Gasteiger charge is 2.23. The second-order valence-electron chi connectivity index (χ2n) is 4.61. The van der Waals surface area contributed by atoms with Crippen LogP contribution in [0.2, 0.25) is 0 Å². The smallest absolute Gasteiger partial charge is 0.252 e. The zero-order valence-corrected chi connectivity index (χ0v) is 12.8. The lowest BCUT2D eigenvalue weighted by atomic mass is 10.2. The van der Waals surface area contributed by atoms with Gasteiger partial charge in [-0.2, -0.15) is 0 Å². The minimum Gasteiger partial charge on any atom is -0.350 e. The summed E-state index contributed by atoms with van der Waals surface area (Å²) in [5.41, 5.74) is 0.777. The Kier molecular flexibility index (Phi) is 5.00. The van der Waals surface area contributed by atoms with Crippen LogP contribution in [0.15, 0.2) is 24.3 Å². The number of likely N-dealkylation sites (tertiary alicyclic amines) is 1. The summed E-state index contributed by atoms with van der Waals surface area (Å²) in [6.07, 6.45) is 2.44. The molecule has 0 radical (unpaired) electrons. The highest BCUT2D eigenvalue weighted by atomic mass is 127. The summed E-state index contributed by atoms with van der Waals surface area (Å²) in [7, 11) is 0. The Labute approximate surface area is 122 Å². The maximum absolute atomic E-state index is 12.1. The Morgan fingerprint density at radius 1 is 1.50 bits per heavy atom. The number of carbonyl (C=O) groups excluding carboxylic acids is 1. The first kappa shape index (κ1) is 13.8. The van der Waals surface area contributed by atoms with Gasteiger partial charge in [0, 0.05) is 16.2 Å². The maximum atomic E-state index is 12.1. The van der Waals surface area contributed by atoms with Crippen LogP contribution in [0.3, 0.4) is 0 Å². The molecule has 1 amide bonds. The summed E-state index contributed by atoms with van der Waals surface area (Å²) < 4.78 is 1.01. The molecule has 1 fully saturated rings. The lowest BCUT2D eigenvalue weighted by molar-refractivity contribution is 0.0940. The topological polar surface area (TPSA) is 32.3 Å². The minimum absolute atomic E-state index is 0.0444. The van der Waals surface area contributed by atoms with Crippen LogP contribution in [0.25, 0.3) is 0 Å². The van der Waals surface area contributed by atoms with E-state index in [1.807, 2.05) is 24.3 Å². The number of halogens is 1. The first-order valence-corrected chi connectivity index (χ1v) is 7.57. The molecule has 1 aliphatic heterocycles. The van der Waals surface area contributed by atoms with Gasteiger partial charge in [-0.1, -0.05) is 19.1 Å². The molecular formula is C14H19IN2O. The molecule has 98 valence electrons. The first-order chi connectivity index (χ1) is 8.72. The van der Waals surface area contributed by atoms with E-state index in [1.54, 1.807) is 0 Å². The Bertz CT molecular complexity index is 422. The van der Waals surface area contributed by atoms with Crippen molar-refractivity contribution in [3.05, 3.63) is 33.4 Å². The molecule has 1 saturated heterocycles. The van der Waals surface area contributed by atoms with Gasteiger partial charge in [-0.3, -0.25) is 9.69 Å². The molecule has 1 aromatic rings. The lowest BCUT2D eigenvalue weighted by Crippen LogP contribution is -2.40. The van der Waals surface area contributed by atoms with E-state index in [1.165, 1.54) is 19.4 Å². The number of hydrogen-bond acceptors (Lipinski definition) is 2. The molecule has 1 heterocycles. The molecule has 0 bridgehead atoms. The molecule has 0 aromatic heterocycles. The monoisotopic (exact) mass is 358 g/mol. The molecule has 1 atom stereocenters. The third-order valence-corrected chi connectivity index (χ3v) is 4.46. The Balaban J connectivity index is 1.91. The van der Waals surface area contributed by atoms with Crippen LogP contribution in [-0.2, 0) is 0 Å². The second-order valence-corrected chi connectivity index (χ2v) is 5.78. The largest absolute Gasteiger partial charge is 0.350 e. The minimum atomic E-state index is 0.0444. The number of carbonyl (C=O) groups is 1. The van der Waals surface area contributed by atoms with Crippen LogP contribution in [0, 0.1) is 3.57 Å². The molecule has 0 aliphatic carbocycles. The highest BCUT2D eigenvalue weighted by molar-refractivity contribution is 14.1. The van der Waals surface area contributed by atoms with E-state index in [-0.39, 0.29) is 5.91 Å². The lowest BCUT2D eigenvalue weighted by Gasteiger charge is -2.22. The molecule has 0 spiro atoms. The normalized spacial score (nSPS) is 20.0. The van der Waals surface area contributed by atoms with Gasteiger partial charge < -0.3 is 5.32 Å². The van der Waals surface area contributed by atoms with Crippen molar-refractivity contribution in [1.82, 2.24) is 10.2 Å². The van der Waals surface area contributed by atoms with E-state index in [9.17, 15) is 4.79 Å². The van der Waals surface area contributed by atoms with Crippen LogP contribution >= 0.6 is 22.6 Å². The standard InChI is InChI=1S/C14H19IN2O/c1-2-17-9-5-6-11(17)10-16-14(18)12-7-3-4-8-13(12)15/h3-4,7-8,11H,2,5-6,9-10H2,1H3,(H,16,18). The fourth-order valence-electron chi connectivity index (χ4n) is 2.49. The predicted molar refractivity (Wildman–Crippen MR) is 81.8 cm³/mol. The van der Waals surface area contributed by atoms with E-state index in [0.29, 0.717) is 6.04 Å². The van der Waals surface area contributed by atoms with E-state index in [4.69, 9.17) is 0 Å². The molecule has 3 nitrogen and oxygen atoms in total. The van der Waals surface area contributed by atoms with Crippen molar-refractivity contribution >= 4 is 28.5 Å². The van der Waals surface area contributed by atoms with Crippen molar-refractivity contribution in [2.24, 2.45) is 0 Å². The molecule has 4 heteroatoms. The number of likely N-dealkylation sites (N-methyl/N-ethyl adjacent to an activating group) is 1. The highest BCUT2D eigenvalue weighted by Crippen LogP contribution is 2.16. The molecule has 2 rings (SSSR count). The quantitative estimate of drug-likeness (QED) is 0.839. The summed E-state index contributed by atoms with van der Waals surface area (Å²) >= 11 is 2.20. The fourth-order valence-corrected chi connectivity index (χ4v) is 3.13. The van der Waals surface area contributed by atoms with Gasteiger partial charge in [-0.25, -0.2) is 0 Å². The van der Waals surface area contributed by atoms with Gasteiger partial charge in [0.2, 0.25) is 0 Å². The molecule has 1 aliphatic rings. The zero-order chi connectivity index (χ0) is 13.0. The Morgan fingerprint density at radius 3 is 3.00 bits per heavy atom. The summed E-state index contributed by atoms with van der Waals surface area (Å²) in [4.78, 5) is 14.5. The van der Waals surface area contributed by atoms with Crippen molar-refractivity contribution in [2.75, 3.05) is 19.6 Å². The van der Waals surface area contributed by atoms with Crippen LogP contribution in [0.4, 0.5) is 0 Å². The number of nitrogens with zero attached hydrogens (tertiary/aromatic N) is 1. The number of benzene rings is 1. The van der Waals surface area contributed by atoms with E-state index < -0.39 is 0 Å². The number of amides is 1. The average Bonchev–Trinajstić information content (AvgIpc) is 2.84. The van der Waals surface area contributed by atoms with Crippen molar-refractivity contribution in [2.45, 2.75) is 25.8 Å². The van der Waals surface area contributed by atoms with E-state index in [2.05, 4.69) is 39.7 Å². The van der Waals surface area contributed by atoms with E-state index in [0.717, 1.165) is 22.2 Å². The number of rotatable bonds is 4. The van der Waals surface area contributed by atoms with Crippen LogP contribution in [-0.4, -0.2) is 36.5 Å². The van der Waals surface area contributed by atoms with Gasteiger partial charge in [-0.05, 0) is 60.7 Å². The second kappa shape index (κ2) is 6.52. The fraction of sp³-hybridized carbons (Fsp3) is 0.500. The average molecular weight is 358 g/mol. The van der Waals surface area contributed by atoms with Gasteiger partial charge in [-0.15, -0.1) is 0 Å². The van der Waals surface area contributed by atoms with Crippen LogP contribution in [0.5, 0.6) is 0 Å². The molecule has 18 heavy (non-hydrogen) atoms. The van der Waals surface area contributed by atoms with Gasteiger partial charge in [0.05, 0.1) is 5.56 Å². The van der Waals surface area contributed by atoms with Crippen LogP contribution < -0.4 is 5.32 Å². The number of hydrogen-bond donors (Lipinski definition) is 1. The van der Waals surface area contributed by atoms with Crippen LogP contribution in [0.1, 0.15) is 30.1 Å². The Hall–Kier alpha value is -0.620. The summed E-state index contributed by atoms with van der Waals surface area (Å²) in [5, 5.41) is 3.06. The molecule has 1 aromatic carbocycles. The zero-order valence-electron chi connectivity index (χ0n) is 10.7. The molecule has 1 unspecified atom stereocenters. The van der Waals surface area contributed by atoms with Gasteiger partial charge >= 0.3 is 0 Å². The van der Waals surface area contributed by atoms with Gasteiger partial charge in [0.15, 0.2) is 0 Å². The predicted octanol–water partition coefficient (Wildman–Crippen LogP) is 2.51. The molecular weight excluding hydrogens is 339 g/mol. The summed E-state index contributed by atoms with van der Waals surface area (Å²) in [5.74, 6) is 0.0444. The SMILES string of the molecule is CCN1CCCC1CNC(=O)c1ccccc1I. The third kappa shape index (κ3) is 3.23. The summed E-state index contributed by atoms with van der Waals surface area (Å²) in [6.45, 7) is 5.18. The Morgan fingerprint density at radius 2 is 2.28 bits per heavy atom. The van der Waals surface area contributed by atoms with Crippen molar-refractivity contribution in [1.29, 1.82) is 0 Å². The van der Waals surface area contributed by atoms with Gasteiger partial charge in [0.1, 0.15) is 0 Å². The van der Waals surface area contributed by atoms with E-state index >= 15 is 0 Å². The maximum Gasteiger partial charge on any atom is 0.252 e.